The molecule has 1 saturated heterocycles. The number of Topliss-reactive ketones (excluding diaryl/α,β-unsaturated/α-hetero) is 1. The van der Waals surface area contributed by atoms with Crippen molar-refractivity contribution in [2.24, 2.45) is 5.92 Å². The first-order valence-electron chi connectivity index (χ1n) is 7.46. The zero-order chi connectivity index (χ0) is 14.5. The fourth-order valence-electron chi connectivity index (χ4n) is 2.60. The second kappa shape index (κ2) is 6.83. The number of hydrogen-bond donors (Lipinski definition) is 3. The van der Waals surface area contributed by atoms with E-state index in [-0.39, 0.29) is 24.5 Å². The van der Waals surface area contributed by atoms with Gasteiger partial charge in [-0.15, -0.1) is 0 Å². The number of carbonyl (C=O) groups excluding carboxylic acids is 3. The Morgan fingerprint density at radius 1 is 1.20 bits per heavy atom. The van der Waals surface area contributed by atoms with E-state index in [1.807, 2.05) is 0 Å². The molecular weight excluding hydrogens is 258 g/mol. The van der Waals surface area contributed by atoms with Crippen molar-refractivity contribution < 1.29 is 14.4 Å². The molecule has 2 amide bonds. The Morgan fingerprint density at radius 2 is 1.95 bits per heavy atom. The van der Waals surface area contributed by atoms with E-state index in [0.29, 0.717) is 5.92 Å². The van der Waals surface area contributed by atoms with E-state index < -0.39 is 11.7 Å². The molecule has 2 rings (SSSR count). The average Bonchev–Trinajstić information content (AvgIpc) is 3.12. The van der Waals surface area contributed by atoms with Crippen LogP contribution in [0, 0.1) is 5.92 Å². The van der Waals surface area contributed by atoms with E-state index in [1.54, 1.807) is 0 Å². The Bertz CT molecular complexity index is 393. The molecule has 112 valence electrons. The van der Waals surface area contributed by atoms with E-state index in [2.05, 4.69) is 22.9 Å². The second-order valence-corrected chi connectivity index (χ2v) is 5.66. The molecule has 6 nitrogen and oxygen atoms in total. The number of hydrogen-bond acceptors (Lipinski definition) is 4. The fourth-order valence-corrected chi connectivity index (χ4v) is 2.60. The van der Waals surface area contributed by atoms with Crippen LogP contribution in [0.1, 0.15) is 39.0 Å². The van der Waals surface area contributed by atoms with Crippen LogP contribution in [0.25, 0.3) is 0 Å². The molecule has 1 unspecified atom stereocenters. The summed E-state index contributed by atoms with van der Waals surface area (Å²) in [4.78, 5) is 35.1. The van der Waals surface area contributed by atoms with Crippen LogP contribution in [-0.4, -0.2) is 42.8 Å². The Kier molecular flexibility index (Phi) is 5.11. The molecule has 0 aromatic heterocycles. The lowest BCUT2D eigenvalue weighted by Gasteiger charge is -2.18. The molecule has 2 atom stereocenters. The average molecular weight is 281 g/mol. The Labute approximate surface area is 119 Å². The van der Waals surface area contributed by atoms with Gasteiger partial charge in [-0.3, -0.25) is 14.4 Å². The second-order valence-electron chi connectivity index (χ2n) is 5.66. The van der Waals surface area contributed by atoms with Crippen molar-refractivity contribution >= 4 is 17.6 Å². The highest BCUT2D eigenvalue weighted by molar-refractivity contribution is 6.37. The molecule has 2 fully saturated rings. The third-order valence-electron chi connectivity index (χ3n) is 3.88. The van der Waals surface area contributed by atoms with Crippen molar-refractivity contribution in [3.8, 4) is 0 Å². The van der Waals surface area contributed by atoms with Crippen molar-refractivity contribution in [3.05, 3.63) is 0 Å². The van der Waals surface area contributed by atoms with Crippen LogP contribution in [0.5, 0.6) is 0 Å². The Balaban J connectivity index is 1.73. The summed E-state index contributed by atoms with van der Waals surface area (Å²) in [6.45, 7) is 2.71. The summed E-state index contributed by atoms with van der Waals surface area (Å²) >= 11 is 0. The van der Waals surface area contributed by atoms with Crippen LogP contribution < -0.4 is 16.0 Å². The van der Waals surface area contributed by atoms with Gasteiger partial charge in [0.1, 0.15) is 0 Å². The first-order valence-corrected chi connectivity index (χ1v) is 7.46. The van der Waals surface area contributed by atoms with Crippen LogP contribution in [0.2, 0.25) is 0 Å². The lowest BCUT2D eigenvalue weighted by atomic mass is 9.95. The summed E-state index contributed by atoms with van der Waals surface area (Å²) in [6, 6.07) is -0.0678. The number of nitrogens with one attached hydrogen (secondary N) is 3. The smallest absolute Gasteiger partial charge is 0.289 e. The lowest BCUT2D eigenvalue weighted by molar-refractivity contribution is -0.138. The number of carbonyl (C=O) groups is 3. The third-order valence-corrected chi connectivity index (χ3v) is 3.88. The molecule has 1 aliphatic carbocycles. The largest absolute Gasteiger partial charge is 0.347 e. The van der Waals surface area contributed by atoms with Gasteiger partial charge < -0.3 is 16.0 Å². The van der Waals surface area contributed by atoms with Gasteiger partial charge in [0.2, 0.25) is 11.7 Å². The maximum Gasteiger partial charge on any atom is 0.289 e. The minimum atomic E-state index is -0.586. The molecule has 1 saturated carbocycles. The summed E-state index contributed by atoms with van der Waals surface area (Å²) in [5, 5.41) is 8.36. The molecule has 0 spiro atoms. The summed E-state index contributed by atoms with van der Waals surface area (Å²) in [5.41, 5.74) is 0. The quantitative estimate of drug-likeness (QED) is 0.561. The summed E-state index contributed by atoms with van der Waals surface area (Å²) in [5.74, 6) is -1.00. The van der Waals surface area contributed by atoms with Gasteiger partial charge in [0, 0.05) is 6.04 Å². The van der Waals surface area contributed by atoms with Crippen molar-refractivity contribution in [2.45, 2.75) is 51.1 Å². The zero-order valence-corrected chi connectivity index (χ0v) is 11.9. The maximum atomic E-state index is 12.0. The van der Waals surface area contributed by atoms with Gasteiger partial charge in [0.25, 0.3) is 5.91 Å². The summed E-state index contributed by atoms with van der Waals surface area (Å²) < 4.78 is 0. The molecule has 3 N–H and O–H groups in total. The third kappa shape index (κ3) is 4.03. The highest BCUT2D eigenvalue weighted by atomic mass is 16.2. The number of rotatable bonds is 7. The van der Waals surface area contributed by atoms with Crippen LogP contribution in [0.4, 0.5) is 0 Å². The van der Waals surface area contributed by atoms with Crippen molar-refractivity contribution in [2.75, 3.05) is 13.1 Å². The van der Waals surface area contributed by atoms with Crippen molar-refractivity contribution in [1.29, 1.82) is 0 Å². The summed E-state index contributed by atoms with van der Waals surface area (Å²) in [6.07, 6.45) is 4.91. The van der Waals surface area contributed by atoms with Crippen LogP contribution in [0.15, 0.2) is 0 Å². The Morgan fingerprint density at radius 3 is 2.60 bits per heavy atom. The topological polar surface area (TPSA) is 87.3 Å². The monoisotopic (exact) mass is 281 g/mol. The van der Waals surface area contributed by atoms with Gasteiger partial charge in [-0.05, 0) is 38.1 Å². The molecule has 6 heteroatoms. The minimum absolute atomic E-state index is 0.160. The molecule has 0 aromatic carbocycles. The van der Waals surface area contributed by atoms with Crippen LogP contribution in [-0.2, 0) is 14.4 Å². The normalized spacial score (nSPS) is 25.2. The standard InChI is InChI=1S/C14H23N3O3/c1-2-3-9-6-7-15-12(9)14(20)16-8-11(18)13(19)17-10-4-5-10/h9-10,12,15H,2-8H2,1H3,(H,16,20)(H,17,19)/t9-,12?/m0/s1. The molecule has 1 heterocycles. The number of amides is 2. The van der Waals surface area contributed by atoms with Gasteiger partial charge >= 0.3 is 0 Å². The fraction of sp³-hybridized carbons (Fsp3) is 0.786. The molecule has 0 bridgehead atoms. The van der Waals surface area contributed by atoms with Gasteiger partial charge in [-0.2, -0.15) is 0 Å². The Hall–Kier alpha value is -1.43. The van der Waals surface area contributed by atoms with Crippen molar-refractivity contribution in [3.63, 3.8) is 0 Å². The predicted octanol–water partition coefficient (Wildman–Crippen LogP) is -0.271. The van der Waals surface area contributed by atoms with E-state index in [4.69, 9.17) is 0 Å². The van der Waals surface area contributed by atoms with E-state index in [0.717, 1.165) is 38.6 Å². The molecule has 1 aliphatic heterocycles. The molecule has 0 radical (unpaired) electrons. The highest BCUT2D eigenvalue weighted by Crippen LogP contribution is 2.21. The SMILES string of the molecule is CCC[C@H]1CCNC1C(=O)NCC(=O)C(=O)NC1CC1. The highest BCUT2D eigenvalue weighted by Gasteiger charge is 2.32. The first-order chi connectivity index (χ1) is 9.61. The molecule has 0 aromatic rings. The molecule has 2 aliphatic rings. The van der Waals surface area contributed by atoms with Gasteiger partial charge in [-0.25, -0.2) is 0 Å². The maximum absolute atomic E-state index is 12.0. The summed E-state index contributed by atoms with van der Waals surface area (Å²) in [7, 11) is 0. The minimum Gasteiger partial charge on any atom is -0.347 e. The number of ketones is 1. The first kappa shape index (κ1) is 15.0. The van der Waals surface area contributed by atoms with Gasteiger partial charge in [0.15, 0.2) is 0 Å². The molecular formula is C14H23N3O3. The van der Waals surface area contributed by atoms with Crippen LogP contribution in [0.3, 0.4) is 0 Å². The van der Waals surface area contributed by atoms with E-state index in [1.165, 1.54) is 0 Å². The van der Waals surface area contributed by atoms with Gasteiger partial charge in [0.05, 0.1) is 12.6 Å². The van der Waals surface area contributed by atoms with E-state index >= 15 is 0 Å². The van der Waals surface area contributed by atoms with E-state index in [9.17, 15) is 14.4 Å². The van der Waals surface area contributed by atoms with Crippen molar-refractivity contribution in [1.82, 2.24) is 16.0 Å². The van der Waals surface area contributed by atoms with Gasteiger partial charge in [-0.1, -0.05) is 13.3 Å². The lowest BCUT2D eigenvalue weighted by Crippen LogP contribution is -2.47. The molecule has 20 heavy (non-hydrogen) atoms. The van der Waals surface area contributed by atoms with Crippen LogP contribution >= 0.6 is 0 Å². The zero-order valence-electron chi connectivity index (χ0n) is 11.9. The predicted molar refractivity (Wildman–Crippen MR) is 74.0 cm³/mol.